The minimum Gasteiger partial charge on any atom is -0.330 e. The van der Waals surface area contributed by atoms with Gasteiger partial charge in [-0.3, -0.25) is 0 Å². The van der Waals surface area contributed by atoms with E-state index in [1.165, 1.54) is 0 Å². The molecule has 0 aliphatic heterocycles. The standard InChI is InChI=1S/C14H36N6/c15-5-1-8-18-9-4-10-19-11-14-20(12-2-6-16)13-3-7-17/h18-19H,1-17H2. The summed E-state index contributed by atoms with van der Waals surface area (Å²) >= 11 is 0. The zero-order valence-electron chi connectivity index (χ0n) is 13.1. The molecule has 0 atom stereocenters. The average molecular weight is 288 g/mol. The minimum absolute atomic E-state index is 0.765. The lowest BCUT2D eigenvalue weighted by Gasteiger charge is -2.22. The number of hydrogen-bond donors (Lipinski definition) is 5. The zero-order valence-corrected chi connectivity index (χ0v) is 13.1. The van der Waals surface area contributed by atoms with Gasteiger partial charge in [-0.05, 0) is 78.0 Å². The maximum Gasteiger partial charge on any atom is 0.0107 e. The molecule has 0 aromatic heterocycles. The highest BCUT2D eigenvalue weighted by Crippen LogP contribution is 1.92. The largest absolute Gasteiger partial charge is 0.330 e. The monoisotopic (exact) mass is 288 g/mol. The highest BCUT2D eigenvalue weighted by molar-refractivity contribution is 4.61. The van der Waals surface area contributed by atoms with E-state index in [9.17, 15) is 0 Å². The Morgan fingerprint density at radius 3 is 1.60 bits per heavy atom. The van der Waals surface area contributed by atoms with E-state index in [-0.39, 0.29) is 0 Å². The molecular weight excluding hydrogens is 252 g/mol. The number of hydrogen-bond acceptors (Lipinski definition) is 6. The van der Waals surface area contributed by atoms with E-state index < -0.39 is 0 Å². The van der Waals surface area contributed by atoms with E-state index in [1.807, 2.05) is 0 Å². The van der Waals surface area contributed by atoms with Crippen molar-refractivity contribution in [1.82, 2.24) is 15.5 Å². The van der Waals surface area contributed by atoms with Crippen LogP contribution in [0.1, 0.15) is 25.7 Å². The molecule has 122 valence electrons. The molecule has 0 aromatic carbocycles. The fourth-order valence-corrected chi connectivity index (χ4v) is 2.02. The Balaban J connectivity index is 3.38. The lowest BCUT2D eigenvalue weighted by molar-refractivity contribution is 0.269. The second-order valence-electron chi connectivity index (χ2n) is 5.12. The van der Waals surface area contributed by atoms with Gasteiger partial charge in [0.15, 0.2) is 0 Å². The van der Waals surface area contributed by atoms with Gasteiger partial charge in [0, 0.05) is 13.1 Å². The van der Waals surface area contributed by atoms with Crippen LogP contribution in [0.2, 0.25) is 0 Å². The zero-order chi connectivity index (χ0) is 14.9. The summed E-state index contributed by atoms with van der Waals surface area (Å²) in [5.74, 6) is 0. The number of nitrogens with two attached hydrogens (primary N) is 3. The molecule has 0 spiro atoms. The molecule has 0 bridgehead atoms. The normalized spacial score (nSPS) is 11.4. The summed E-state index contributed by atoms with van der Waals surface area (Å²) in [6, 6.07) is 0. The van der Waals surface area contributed by atoms with Crippen molar-refractivity contribution >= 4 is 0 Å². The molecule has 0 saturated heterocycles. The van der Waals surface area contributed by atoms with Crippen LogP contribution in [0.4, 0.5) is 0 Å². The lowest BCUT2D eigenvalue weighted by atomic mass is 10.3. The third-order valence-corrected chi connectivity index (χ3v) is 3.23. The lowest BCUT2D eigenvalue weighted by Crippen LogP contribution is -2.35. The summed E-state index contributed by atoms with van der Waals surface area (Å²) in [6.45, 7) is 9.75. The highest BCUT2D eigenvalue weighted by atomic mass is 15.1. The Bertz CT molecular complexity index is 171. The van der Waals surface area contributed by atoms with Crippen LogP contribution in [0.5, 0.6) is 0 Å². The molecule has 0 aromatic rings. The van der Waals surface area contributed by atoms with Crippen molar-refractivity contribution in [3.8, 4) is 0 Å². The van der Waals surface area contributed by atoms with Gasteiger partial charge >= 0.3 is 0 Å². The highest BCUT2D eigenvalue weighted by Gasteiger charge is 2.02. The van der Waals surface area contributed by atoms with Gasteiger partial charge in [-0.15, -0.1) is 0 Å². The van der Waals surface area contributed by atoms with Crippen molar-refractivity contribution < 1.29 is 0 Å². The maximum atomic E-state index is 5.57. The molecule has 0 amide bonds. The predicted molar refractivity (Wildman–Crippen MR) is 87.8 cm³/mol. The first kappa shape index (κ1) is 19.8. The molecule has 0 radical (unpaired) electrons. The van der Waals surface area contributed by atoms with Gasteiger partial charge in [-0.25, -0.2) is 0 Å². The molecule has 20 heavy (non-hydrogen) atoms. The first-order valence-electron chi connectivity index (χ1n) is 8.09. The Morgan fingerprint density at radius 1 is 0.550 bits per heavy atom. The van der Waals surface area contributed by atoms with Crippen LogP contribution in [0.25, 0.3) is 0 Å². The summed E-state index contributed by atoms with van der Waals surface area (Å²) in [7, 11) is 0. The fourth-order valence-electron chi connectivity index (χ4n) is 2.02. The summed E-state index contributed by atoms with van der Waals surface area (Å²) in [5.41, 5.74) is 16.6. The number of nitrogens with one attached hydrogen (secondary N) is 2. The molecule has 0 aliphatic carbocycles. The molecule has 6 nitrogen and oxygen atoms in total. The van der Waals surface area contributed by atoms with Gasteiger partial charge in [-0.2, -0.15) is 0 Å². The molecule has 0 saturated carbocycles. The van der Waals surface area contributed by atoms with Crippen LogP contribution in [0, 0.1) is 0 Å². The second-order valence-corrected chi connectivity index (χ2v) is 5.12. The van der Waals surface area contributed by atoms with Crippen molar-refractivity contribution in [3.05, 3.63) is 0 Å². The van der Waals surface area contributed by atoms with E-state index in [0.717, 1.165) is 91.1 Å². The molecule has 0 aliphatic rings. The Kier molecular flexibility index (Phi) is 16.6. The van der Waals surface area contributed by atoms with E-state index in [4.69, 9.17) is 17.2 Å². The summed E-state index contributed by atoms with van der Waals surface area (Å²) in [5, 5.41) is 6.87. The Labute approximate surface area is 124 Å². The topological polar surface area (TPSA) is 105 Å². The Hall–Kier alpha value is -0.240. The summed E-state index contributed by atoms with van der Waals surface area (Å²) < 4.78 is 0. The third kappa shape index (κ3) is 14.2. The van der Waals surface area contributed by atoms with E-state index in [0.29, 0.717) is 0 Å². The van der Waals surface area contributed by atoms with Crippen LogP contribution in [0.15, 0.2) is 0 Å². The van der Waals surface area contributed by atoms with Crippen LogP contribution < -0.4 is 27.8 Å². The molecular formula is C14H36N6. The van der Waals surface area contributed by atoms with Gasteiger partial charge in [0.05, 0.1) is 0 Å². The van der Waals surface area contributed by atoms with Gasteiger partial charge < -0.3 is 32.7 Å². The smallest absolute Gasteiger partial charge is 0.0107 e. The molecule has 0 rings (SSSR count). The fraction of sp³-hybridized carbons (Fsp3) is 1.00. The molecule has 8 N–H and O–H groups in total. The van der Waals surface area contributed by atoms with E-state index >= 15 is 0 Å². The summed E-state index contributed by atoms with van der Waals surface area (Å²) in [4.78, 5) is 2.45. The Morgan fingerprint density at radius 2 is 1.05 bits per heavy atom. The number of rotatable bonds is 16. The summed E-state index contributed by atoms with van der Waals surface area (Å²) in [6.07, 6.45) is 4.35. The van der Waals surface area contributed by atoms with Gasteiger partial charge in [0.2, 0.25) is 0 Å². The predicted octanol–water partition coefficient (Wildman–Crippen LogP) is -1.10. The second kappa shape index (κ2) is 16.8. The third-order valence-electron chi connectivity index (χ3n) is 3.23. The molecule has 6 heteroatoms. The van der Waals surface area contributed by atoms with Crippen molar-refractivity contribution in [2.45, 2.75) is 25.7 Å². The quantitative estimate of drug-likeness (QED) is 0.231. The van der Waals surface area contributed by atoms with Gasteiger partial charge in [-0.1, -0.05) is 0 Å². The number of nitrogens with zero attached hydrogens (tertiary/aromatic N) is 1. The first-order chi connectivity index (χ1) is 9.85. The van der Waals surface area contributed by atoms with Crippen LogP contribution in [-0.2, 0) is 0 Å². The average Bonchev–Trinajstić information content (AvgIpc) is 2.47. The first-order valence-corrected chi connectivity index (χ1v) is 8.09. The van der Waals surface area contributed by atoms with Crippen molar-refractivity contribution in [2.24, 2.45) is 17.2 Å². The maximum absolute atomic E-state index is 5.57. The van der Waals surface area contributed by atoms with E-state index in [1.54, 1.807) is 0 Å². The molecule has 0 fully saturated rings. The van der Waals surface area contributed by atoms with Crippen molar-refractivity contribution in [3.63, 3.8) is 0 Å². The molecule has 0 unspecified atom stereocenters. The van der Waals surface area contributed by atoms with Gasteiger partial charge in [0.1, 0.15) is 0 Å². The van der Waals surface area contributed by atoms with Crippen LogP contribution in [0.3, 0.4) is 0 Å². The molecule has 0 heterocycles. The SMILES string of the molecule is NCCCNCCCNCCN(CCCN)CCCN. The van der Waals surface area contributed by atoms with Gasteiger partial charge in [0.25, 0.3) is 0 Å². The van der Waals surface area contributed by atoms with E-state index in [2.05, 4.69) is 15.5 Å². The van der Waals surface area contributed by atoms with Crippen LogP contribution in [-0.4, -0.2) is 70.3 Å². The van der Waals surface area contributed by atoms with Crippen molar-refractivity contribution in [2.75, 3.05) is 65.4 Å². The minimum atomic E-state index is 0.765. The van der Waals surface area contributed by atoms with Crippen LogP contribution >= 0.6 is 0 Å². The van der Waals surface area contributed by atoms with Crippen molar-refractivity contribution in [1.29, 1.82) is 0 Å².